The van der Waals surface area contributed by atoms with E-state index >= 15 is 0 Å². The fourth-order valence-corrected chi connectivity index (χ4v) is 6.41. The Kier molecular flexibility index (Phi) is 21.9. The zero-order valence-corrected chi connectivity index (χ0v) is 28.3. The summed E-state index contributed by atoms with van der Waals surface area (Å²) in [6.45, 7) is 7.04. The van der Waals surface area contributed by atoms with Crippen molar-refractivity contribution in [1.29, 1.82) is 0 Å². The minimum atomic E-state index is -1.69. The molecule has 2 aromatic rings. The quantitative estimate of drug-likeness (QED) is 0.244. The molecule has 2 aromatic carbocycles. The van der Waals surface area contributed by atoms with Gasteiger partial charge >= 0.3 is 162 Å². The standard InChI is InChI=1S/C12H24O6.C12H11PSSe.Rb/c1-2-14-5-6-16-9-10-18-12-11-17-8-7-15-4-3-13-1;14-13(15,11-7-3-1-4-8-11)12-9-5-2-6-10-12;/h1-12H2;1-10H,(H,14,15);/q;;+1/p-1. The molecule has 1 saturated heterocycles. The summed E-state index contributed by atoms with van der Waals surface area (Å²) >= 11 is 8.94. The van der Waals surface area contributed by atoms with Gasteiger partial charge in [0.15, 0.2) is 0 Å². The molecule has 1 aliphatic rings. The summed E-state index contributed by atoms with van der Waals surface area (Å²) in [5, 5.41) is 2.46. The molecule has 0 amide bonds. The van der Waals surface area contributed by atoms with Crippen LogP contribution >= 0.6 is 4.71 Å². The third-order valence-electron chi connectivity index (χ3n) is 4.42. The first kappa shape index (κ1) is 33.3. The van der Waals surface area contributed by atoms with Crippen LogP contribution in [0.2, 0.25) is 0 Å². The van der Waals surface area contributed by atoms with Gasteiger partial charge in [-0.25, -0.2) is 0 Å². The summed E-state index contributed by atoms with van der Waals surface area (Å²) in [6, 6.07) is 20.6. The van der Waals surface area contributed by atoms with E-state index in [2.05, 4.69) is 39.4 Å². The molecule has 0 N–H and O–H groups in total. The average molecular weight is 646 g/mol. The molecule has 0 bridgehead atoms. The monoisotopic (exact) mass is 646 g/mol. The van der Waals surface area contributed by atoms with E-state index in [1.165, 1.54) is 10.6 Å². The normalized spacial score (nSPS) is 17.7. The van der Waals surface area contributed by atoms with E-state index in [9.17, 15) is 0 Å². The minimum absolute atomic E-state index is 0. The molecule has 0 spiro atoms. The van der Waals surface area contributed by atoms with Gasteiger partial charge in [-0.1, -0.05) is 0 Å². The van der Waals surface area contributed by atoms with Crippen LogP contribution in [0.5, 0.6) is 0 Å². The van der Waals surface area contributed by atoms with E-state index in [0.717, 1.165) is 0 Å². The number of benzene rings is 2. The molecular weight excluding hydrogens is 612 g/mol. The molecule has 1 heterocycles. The van der Waals surface area contributed by atoms with Gasteiger partial charge in [-0.2, -0.15) is 0 Å². The van der Waals surface area contributed by atoms with Crippen molar-refractivity contribution >= 4 is 42.7 Å². The first-order valence-corrected chi connectivity index (χ1v) is 16.1. The summed E-state index contributed by atoms with van der Waals surface area (Å²) < 4.78 is 30.3. The Morgan fingerprint density at radius 3 is 0.882 bits per heavy atom. The molecule has 0 radical (unpaired) electrons. The van der Waals surface area contributed by atoms with Crippen LogP contribution in [0.15, 0.2) is 60.7 Å². The summed E-state index contributed by atoms with van der Waals surface area (Å²) in [4.78, 5) is 0. The van der Waals surface area contributed by atoms with Crippen LogP contribution in [-0.2, 0) is 40.7 Å². The molecule has 10 heteroatoms. The molecule has 34 heavy (non-hydrogen) atoms. The van der Waals surface area contributed by atoms with Crippen LogP contribution in [-0.4, -0.2) is 94.4 Å². The van der Waals surface area contributed by atoms with Gasteiger partial charge in [0.05, 0.1) is 79.3 Å². The summed E-state index contributed by atoms with van der Waals surface area (Å²) in [5.74, 6) is 0. The zero-order chi connectivity index (χ0) is 23.5. The molecule has 1 fully saturated rings. The Balaban J connectivity index is 0.000000334. The fourth-order valence-electron chi connectivity index (χ4n) is 2.72. The van der Waals surface area contributed by atoms with Crippen molar-refractivity contribution in [3.63, 3.8) is 0 Å². The predicted molar refractivity (Wildman–Crippen MR) is 137 cm³/mol. The van der Waals surface area contributed by atoms with Crippen molar-refractivity contribution in [2.45, 2.75) is 0 Å². The summed E-state index contributed by atoms with van der Waals surface area (Å²) in [6.07, 6.45) is 0. The van der Waals surface area contributed by atoms with Crippen molar-refractivity contribution in [2.75, 3.05) is 79.3 Å². The molecular formula is C24H34O6PRbSSe. The van der Waals surface area contributed by atoms with Crippen LogP contribution in [0.25, 0.3) is 0 Å². The average Bonchev–Trinajstić information content (AvgIpc) is 2.86. The second-order valence-corrected chi connectivity index (χ2v) is 15.7. The van der Waals surface area contributed by atoms with Crippen molar-refractivity contribution in [2.24, 2.45) is 0 Å². The predicted octanol–water partition coefficient (Wildman–Crippen LogP) is -0.696. The van der Waals surface area contributed by atoms with Crippen LogP contribution in [0.4, 0.5) is 0 Å². The van der Waals surface area contributed by atoms with E-state index in [1.807, 2.05) is 36.4 Å². The number of hydrogen-bond acceptors (Lipinski definition) is 7. The second-order valence-electron chi connectivity index (χ2n) is 6.90. The van der Waals surface area contributed by atoms with Crippen LogP contribution in [0.1, 0.15) is 0 Å². The SMILES string of the molecule is C1COCCOCCOCCOCCOCCO1.[Rb+].[S-]P(=[Se])(c1ccccc1)c1ccccc1. The zero-order valence-electron chi connectivity index (χ0n) is 20.0. The molecule has 0 atom stereocenters. The Hall–Kier alpha value is 1.30. The molecule has 0 unspecified atom stereocenters. The molecule has 0 aromatic heterocycles. The van der Waals surface area contributed by atoms with E-state index < -0.39 is 4.71 Å². The van der Waals surface area contributed by atoms with Crippen LogP contribution in [0, 0.1) is 0 Å². The third-order valence-corrected chi connectivity index (χ3v) is 10.3. The summed E-state index contributed by atoms with van der Waals surface area (Å²) in [5.41, 5.74) is 0. The fraction of sp³-hybridized carbons (Fsp3) is 0.500. The van der Waals surface area contributed by atoms with Gasteiger partial charge in [-0.05, 0) is 0 Å². The van der Waals surface area contributed by atoms with Gasteiger partial charge in [0.25, 0.3) is 0 Å². The molecule has 184 valence electrons. The van der Waals surface area contributed by atoms with Crippen molar-refractivity contribution < 1.29 is 86.6 Å². The van der Waals surface area contributed by atoms with Crippen molar-refractivity contribution in [1.82, 2.24) is 0 Å². The van der Waals surface area contributed by atoms with Gasteiger partial charge in [0, 0.05) is 0 Å². The van der Waals surface area contributed by atoms with Crippen LogP contribution in [0.3, 0.4) is 0 Å². The Morgan fingerprint density at radius 2 is 0.676 bits per heavy atom. The molecule has 0 saturated carbocycles. The number of rotatable bonds is 2. The Morgan fingerprint density at radius 1 is 0.471 bits per heavy atom. The Bertz CT molecular complexity index is 656. The van der Waals surface area contributed by atoms with Gasteiger partial charge in [0.2, 0.25) is 0 Å². The Labute approximate surface area is 265 Å². The first-order valence-electron chi connectivity index (χ1n) is 11.1. The van der Waals surface area contributed by atoms with E-state index in [-0.39, 0.29) is 58.2 Å². The number of hydrogen-bond donors (Lipinski definition) is 0. The maximum absolute atomic E-state index is 5.73. The van der Waals surface area contributed by atoms with E-state index in [4.69, 9.17) is 40.7 Å². The third kappa shape index (κ3) is 15.5. The topological polar surface area (TPSA) is 55.4 Å². The van der Waals surface area contributed by atoms with Crippen molar-refractivity contribution in [3.8, 4) is 0 Å². The van der Waals surface area contributed by atoms with Crippen LogP contribution < -0.4 is 68.8 Å². The second kappa shape index (κ2) is 22.3. The van der Waals surface area contributed by atoms with Gasteiger partial charge < -0.3 is 28.4 Å². The van der Waals surface area contributed by atoms with E-state index in [0.29, 0.717) is 79.3 Å². The van der Waals surface area contributed by atoms with Gasteiger partial charge in [0.1, 0.15) is 0 Å². The van der Waals surface area contributed by atoms with Gasteiger partial charge in [-0.3, -0.25) is 0 Å². The van der Waals surface area contributed by atoms with E-state index in [1.54, 1.807) is 0 Å². The first-order chi connectivity index (χ1) is 16.2. The molecule has 6 nitrogen and oxygen atoms in total. The van der Waals surface area contributed by atoms with Gasteiger partial charge in [-0.15, -0.1) is 0 Å². The summed E-state index contributed by atoms with van der Waals surface area (Å²) in [7, 11) is 0. The maximum atomic E-state index is 5.73. The van der Waals surface area contributed by atoms with Crippen molar-refractivity contribution in [3.05, 3.63) is 60.7 Å². The molecule has 3 rings (SSSR count). The number of ether oxygens (including phenoxy) is 6. The molecule has 0 aliphatic carbocycles. The molecule has 1 aliphatic heterocycles.